The summed E-state index contributed by atoms with van der Waals surface area (Å²) in [5.41, 5.74) is 2.94. The van der Waals surface area contributed by atoms with Gasteiger partial charge in [-0.15, -0.1) is 0 Å². The van der Waals surface area contributed by atoms with Crippen molar-refractivity contribution in [2.45, 2.75) is 38.8 Å². The van der Waals surface area contributed by atoms with Crippen LogP contribution >= 0.6 is 23.2 Å². The molecule has 1 aromatic heterocycles. The van der Waals surface area contributed by atoms with Crippen LogP contribution in [-0.4, -0.2) is 56.4 Å². The van der Waals surface area contributed by atoms with Crippen LogP contribution in [0.5, 0.6) is 0 Å². The van der Waals surface area contributed by atoms with Crippen molar-refractivity contribution < 1.29 is 15.0 Å². The fourth-order valence-corrected chi connectivity index (χ4v) is 3.77. The lowest BCUT2D eigenvalue weighted by molar-refractivity contribution is 0.139. The molecule has 3 N–H and O–H groups in total. The number of anilines is 1. The Bertz CT molecular complexity index is 894. The van der Waals surface area contributed by atoms with E-state index < -0.39 is 18.2 Å². The van der Waals surface area contributed by atoms with Crippen molar-refractivity contribution in [2.75, 3.05) is 18.4 Å². The highest BCUT2D eigenvalue weighted by atomic mass is 35.5. The number of likely N-dealkylation sites (tertiary alicyclic amines) is 1. The molecule has 1 aliphatic rings. The van der Waals surface area contributed by atoms with Gasteiger partial charge < -0.3 is 20.4 Å². The second kappa shape index (κ2) is 8.51. The van der Waals surface area contributed by atoms with Crippen LogP contribution < -0.4 is 5.32 Å². The van der Waals surface area contributed by atoms with Gasteiger partial charge in [-0.25, -0.2) is 14.8 Å². The number of benzene rings is 1. The van der Waals surface area contributed by atoms with Crippen LogP contribution in [0.25, 0.3) is 11.3 Å². The number of nitrogens with one attached hydrogen (secondary N) is 1. The second-order valence-corrected chi connectivity index (χ2v) is 7.49. The lowest BCUT2D eigenvalue weighted by atomic mass is 10.1. The summed E-state index contributed by atoms with van der Waals surface area (Å²) in [7, 11) is 0. The fourth-order valence-electron chi connectivity index (χ4n) is 3.27. The van der Waals surface area contributed by atoms with E-state index >= 15 is 0 Å². The molecule has 0 saturated carbocycles. The predicted molar refractivity (Wildman–Crippen MR) is 109 cm³/mol. The Hall–Kier alpha value is -2.09. The zero-order chi connectivity index (χ0) is 20.4. The molecular formula is C19H22Cl2N4O3. The highest BCUT2D eigenvalue weighted by molar-refractivity contribution is 6.36. The molecule has 150 valence electrons. The largest absolute Gasteiger partial charge is 0.465 e. The van der Waals surface area contributed by atoms with E-state index in [0.29, 0.717) is 34.4 Å². The summed E-state index contributed by atoms with van der Waals surface area (Å²) < 4.78 is 0. The Labute approximate surface area is 173 Å². The molecule has 1 fully saturated rings. The Kier molecular flexibility index (Phi) is 6.27. The van der Waals surface area contributed by atoms with E-state index in [2.05, 4.69) is 5.32 Å². The number of aliphatic hydroxyl groups excluding tert-OH is 1. The first kappa shape index (κ1) is 20.6. The van der Waals surface area contributed by atoms with Gasteiger partial charge in [0.05, 0.1) is 40.8 Å². The van der Waals surface area contributed by atoms with Gasteiger partial charge in [0.2, 0.25) is 0 Å². The number of amides is 1. The molecule has 2 heterocycles. The number of nitrogens with zero attached hydrogens (tertiary/aromatic N) is 3. The lowest BCUT2D eigenvalue weighted by Crippen LogP contribution is -2.33. The zero-order valence-electron chi connectivity index (χ0n) is 15.6. The van der Waals surface area contributed by atoms with E-state index in [9.17, 15) is 9.90 Å². The number of hydrogen-bond donors (Lipinski definition) is 3. The molecule has 0 aliphatic carbocycles. The number of aryl methyl sites for hydroxylation is 2. The maximum absolute atomic E-state index is 11.2. The summed E-state index contributed by atoms with van der Waals surface area (Å²) in [4.78, 5) is 21.9. The van der Waals surface area contributed by atoms with Gasteiger partial charge in [0.1, 0.15) is 5.82 Å². The molecule has 2 aromatic rings. The number of halogens is 2. The van der Waals surface area contributed by atoms with Crippen LogP contribution in [0.15, 0.2) is 18.2 Å². The van der Waals surface area contributed by atoms with Gasteiger partial charge >= 0.3 is 6.09 Å². The number of carboxylic acid groups (broad SMARTS) is 1. The van der Waals surface area contributed by atoms with Gasteiger partial charge in [0.15, 0.2) is 0 Å². The molecule has 0 radical (unpaired) electrons. The minimum Gasteiger partial charge on any atom is -0.465 e. The summed E-state index contributed by atoms with van der Waals surface area (Å²) >= 11 is 12.4. The summed E-state index contributed by atoms with van der Waals surface area (Å²) in [6, 6.07) is 4.82. The SMILES string of the molecule is CCc1nc(-c2ccc(Cl)cc2Cl)c(CC)nc1NC1CN(C(=O)O)CC1O. The van der Waals surface area contributed by atoms with Crippen molar-refractivity contribution in [2.24, 2.45) is 0 Å². The molecule has 28 heavy (non-hydrogen) atoms. The molecule has 1 saturated heterocycles. The minimum absolute atomic E-state index is 0.0704. The molecule has 1 aliphatic heterocycles. The first-order valence-corrected chi connectivity index (χ1v) is 9.87. The van der Waals surface area contributed by atoms with Crippen LogP contribution in [0, 0.1) is 0 Å². The number of β-amino-alcohol motifs (C(OH)–C–C–N with tert-alkyl or cyclic N) is 1. The van der Waals surface area contributed by atoms with E-state index in [1.54, 1.807) is 12.1 Å². The topological polar surface area (TPSA) is 98.6 Å². The van der Waals surface area contributed by atoms with Crippen molar-refractivity contribution in [3.63, 3.8) is 0 Å². The monoisotopic (exact) mass is 424 g/mol. The highest BCUT2D eigenvalue weighted by Crippen LogP contribution is 2.32. The smallest absolute Gasteiger partial charge is 0.407 e. The summed E-state index contributed by atoms with van der Waals surface area (Å²) in [6.45, 7) is 4.19. The Balaban J connectivity index is 1.96. The minimum atomic E-state index is -1.05. The Morgan fingerprint density at radius 3 is 2.50 bits per heavy atom. The molecule has 2 atom stereocenters. The average molecular weight is 425 g/mol. The van der Waals surface area contributed by atoms with Crippen LogP contribution in [0.2, 0.25) is 10.0 Å². The molecule has 1 amide bonds. The van der Waals surface area contributed by atoms with Crippen molar-refractivity contribution in [1.29, 1.82) is 0 Å². The molecule has 7 nitrogen and oxygen atoms in total. The number of carbonyl (C=O) groups is 1. The summed E-state index contributed by atoms with van der Waals surface area (Å²) in [6.07, 6.45) is -0.609. The van der Waals surface area contributed by atoms with Crippen molar-refractivity contribution >= 4 is 35.1 Å². The third-order valence-electron chi connectivity index (χ3n) is 4.78. The quantitative estimate of drug-likeness (QED) is 0.676. The van der Waals surface area contributed by atoms with E-state index in [1.807, 2.05) is 19.9 Å². The van der Waals surface area contributed by atoms with E-state index in [4.69, 9.17) is 38.3 Å². The number of hydrogen-bond acceptors (Lipinski definition) is 5. The number of aliphatic hydroxyl groups is 1. The second-order valence-electron chi connectivity index (χ2n) is 6.65. The van der Waals surface area contributed by atoms with E-state index in [1.165, 1.54) is 4.90 Å². The van der Waals surface area contributed by atoms with Gasteiger partial charge in [-0.05, 0) is 31.0 Å². The first-order valence-electron chi connectivity index (χ1n) is 9.11. The third kappa shape index (κ3) is 4.16. The summed E-state index contributed by atoms with van der Waals surface area (Å²) in [5, 5.41) is 23.6. The standard InChI is InChI=1S/C19H22Cl2N4O3/c1-3-13-17(11-6-5-10(20)7-12(11)21)22-14(4-2)18(23-13)24-15-8-25(19(27)28)9-16(15)26/h5-7,15-16,26H,3-4,8-9H2,1-2H3,(H,23,24)(H,27,28). The molecule has 3 rings (SSSR count). The van der Waals surface area contributed by atoms with Crippen LogP contribution in [0.4, 0.5) is 10.6 Å². The number of rotatable bonds is 5. The maximum Gasteiger partial charge on any atom is 0.407 e. The lowest BCUT2D eigenvalue weighted by Gasteiger charge is -2.20. The molecule has 2 unspecified atom stereocenters. The van der Waals surface area contributed by atoms with Gasteiger partial charge in [0, 0.05) is 17.1 Å². The van der Waals surface area contributed by atoms with Gasteiger partial charge in [0.25, 0.3) is 0 Å². The van der Waals surface area contributed by atoms with Crippen LogP contribution in [0.1, 0.15) is 25.2 Å². The summed E-state index contributed by atoms with van der Waals surface area (Å²) in [5.74, 6) is 0.560. The van der Waals surface area contributed by atoms with Gasteiger partial charge in [-0.1, -0.05) is 37.0 Å². The van der Waals surface area contributed by atoms with Crippen LogP contribution in [-0.2, 0) is 12.8 Å². The molecule has 0 spiro atoms. The van der Waals surface area contributed by atoms with Crippen LogP contribution in [0.3, 0.4) is 0 Å². The molecular weight excluding hydrogens is 403 g/mol. The normalized spacial score (nSPS) is 19.1. The molecule has 1 aromatic carbocycles. The maximum atomic E-state index is 11.2. The average Bonchev–Trinajstić information content (AvgIpc) is 3.02. The van der Waals surface area contributed by atoms with E-state index in [0.717, 1.165) is 17.0 Å². The Morgan fingerprint density at radius 1 is 1.21 bits per heavy atom. The van der Waals surface area contributed by atoms with Crippen molar-refractivity contribution in [1.82, 2.24) is 14.9 Å². The molecule has 0 bridgehead atoms. The number of aromatic nitrogens is 2. The zero-order valence-corrected chi connectivity index (χ0v) is 17.1. The van der Waals surface area contributed by atoms with Crippen molar-refractivity contribution in [3.8, 4) is 11.3 Å². The Morgan fingerprint density at radius 2 is 1.93 bits per heavy atom. The predicted octanol–water partition coefficient (Wildman–Crippen LogP) is 3.71. The first-order chi connectivity index (χ1) is 13.3. The fraction of sp³-hybridized carbons (Fsp3) is 0.421. The third-order valence-corrected chi connectivity index (χ3v) is 5.33. The van der Waals surface area contributed by atoms with Crippen molar-refractivity contribution in [3.05, 3.63) is 39.6 Å². The van der Waals surface area contributed by atoms with Gasteiger partial charge in [-0.2, -0.15) is 0 Å². The highest BCUT2D eigenvalue weighted by Gasteiger charge is 2.34. The van der Waals surface area contributed by atoms with E-state index in [-0.39, 0.29) is 13.1 Å². The molecule has 9 heteroatoms. The van der Waals surface area contributed by atoms with Gasteiger partial charge in [-0.3, -0.25) is 0 Å².